The molecule has 17 heavy (non-hydrogen) atoms. The van der Waals surface area contributed by atoms with Gasteiger partial charge in [0.25, 0.3) is 0 Å². The summed E-state index contributed by atoms with van der Waals surface area (Å²) in [6.07, 6.45) is 5.39. The van der Waals surface area contributed by atoms with Crippen LogP contribution >= 0.6 is 11.6 Å². The largest absolute Gasteiger partial charge is 0.492 e. The fourth-order valence-electron chi connectivity index (χ4n) is 2.15. The molecule has 2 nitrogen and oxygen atoms in total. The van der Waals surface area contributed by atoms with Gasteiger partial charge < -0.3 is 10.1 Å². The average molecular weight is 254 g/mol. The van der Waals surface area contributed by atoms with Crippen molar-refractivity contribution in [3.63, 3.8) is 0 Å². The van der Waals surface area contributed by atoms with Gasteiger partial charge in [-0.1, -0.05) is 36.9 Å². The Labute approximate surface area is 108 Å². The van der Waals surface area contributed by atoms with E-state index in [1.807, 2.05) is 31.3 Å². The standard InChI is InChI=1S/C14H20ClNO/c1-16-13(8-11-4-2-5-11)10-17-14-7-3-6-12(15)9-14/h3,6-7,9,11,13,16H,2,4-5,8,10H2,1H3. The summed E-state index contributed by atoms with van der Waals surface area (Å²) in [5.41, 5.74) is 0. The van der Waals surface area contributed by atoms with Crippen molar-refractivity contribution in [2.24, 2.45) is 5.92 Å². The highest BCUT2D eigenvalue weighted by atomic mass is 35.5. The number of ether oxygens (including phenoxy) is 1. The molecule has 0 aromatic heterocycles. The van der Waals surface area contributed by atoms with Crippen LogP contribution in [0.5, 0.6) is 5.75 Å². The van der Waals surface area contributed by atoms with E-state index in [1.165, 1.54) is 25.7 Å². The van der Waals surface area contributed by atoms with Gasteiger partial charge in [0, 0.05) is 11.1 Å². The van der Waals surface area contributed by atoms with Crippen LogP contribution in [0.25, 0.3) is 0 Å². The van der Waals surface area contributed by atoms with Gasteiger partial charge in [0.15, 0.2) is 0 Å². The zero-order valence-electron chi connectivity index (χ0n) is 10.3. The third-order valence-corrected chi connectivity index (χ3v) is 3.73. The third kappa shape index (κ3) is 3.90. The average Bonchev–Trinajstić information content (AvgIpc) is 2.27. The van der Waals surface area contributed by atoms with Gasteiger partial charge >= 0.3 is 0 Å². The Bertz CT molecular complexity index is 352. The first-order chi connectivity index (χ1) is 8.28. The van der Waals surface area contributed by atoms with Crippen LogP contribution in [0.2, 0.25) is 5.02 Å². The van der Waals surface area contributed by atoms with E-state index in [0.717, 1.165) is 16.7 Å². The van der Waals surface area contributed by atoms with Crippen molar-refractivity contribution in [1.82, 2.24) is 5.32 Å². The minimum atomic E-state index is 0.444. The molecule has 0 heterocycles. The predicted octanol–water partition coefficient (Wildman–Crippen LogP) is 3.50. The minimum Gasteiger partial charge on any atom is -0.492 e. The first-order valence-electron chi connectivity index (χ1n) is 6.33. The van der Waals surface area contributed by atoms with Crippen LogP contribution in [-0.4, -0.2) is 19.7 Å². The highest BCUT2D eigenvalue weighted by Gasteiger charge is 2.21. The van der Waals surface area contributed by atoms with E-state index in [4.69, 9.17) is 16.3 Å². The number of nitrogens with one attached hydrogen (secondary N) is 1. The molecule has 1 fully saturated rings. The number of halogens is 1. The maximum Gasteiger partial charge on any atom is 0.120 e. The van der Waals surface area contributed by atoms with Crippen molar-refractivity contribution >= 4 is 11.6 Å². The topological polar surface area (TPSA) is 21.3 Å². The molecule has 1 aliphatic rings. The first kappa shape index (κ1) is 12.7. The Kier molecular flexibility index (Phi) is 4.69. The Morgan fingerprint density at radius 3 is 2.88 bits per heavy atom. The molecule has 94 valence electrons. The van der Waals surface area contributed by atoms with Gasteiger partial charge in [-0.15, -0.1) is 0 Å². The Hall–Kier alpha value is -0.730. The van der Waals surface area contributed by atoms with E-state index in [-0.39, 0.29) is 0 Å². The molecule has 0 amide bonds. The van der Waals surface area contributed by atoms with E-state index in [2.05, 4.69) is 5.32 Å². The van der Waals surface area contributed by atoms with Gasteiger partial charge in [-0.05, 0) is 37.6 Å². The van der Waals surface area contributed by atoms with Crippen molar-refractivity contribution in [2.45, 2.75) is 31.7 Å². The van der Waals surface area contributed by atoms with Crippen LogP contribution in [0.1, 0.15) is 25.7 Å². The van der Waals surface area contributed by atoms with Crippen LogP contribution < -0.4 is 10.1 Å². The SMILES string of the molecule is CNC(COc1cccc(Cl)c1)CC1CCC1. The summed E-state index contributed by atoms with van der Waals surface area (Å²) in [5, 5.41) is 4.05. The summed E-state index contributed by atoms with van der Waals surface area (Å²) in [5.74, 6) is 1.75. The molecule has 0 bridgehead atoms. The molecule has 1 aliphatic carbocycles. The van der Waals surface area contributed by atoms with Crippen molar-refractivity contribution in [2.75, 3.05) is 13.7 Å². The van der Waals surface area contributed by atoms with Gasteiger partial charge in [0.1, 0.15) is 12.4 Å². The maximum atomic E-state index is 5.91. The smallest absolute Gasteiger partial charge is 0.120 e. The van der Waals surface area contributed by atoms with Crippen molar-refractivity contribution in [3.05, 3.63) is 29.3 Å². The van der Waals surface area contributed by atoms with Crippen LogP contribution in [0, 0.1) is 5.92 Å². The number of rotatable bonds is 6. The quantitative estimate of drug-likeness (QED) is 0.838. The Balaban J connectivity index is 1.78. The van der Waals surface area contributed by atoms with Gasteiger partial charge in [-0.3, -0.25) is 0 Å². The maximum absolute atomic E-state index is 5.91. The summed E-state index contributed by atoms with van der Waals surface area (Å²) < 4.78 is 5.76. The summed E-state index contributed by atoms with van der Waals surface area (Å²) in [7, 11) is 2.00. The van der Waals surface area contributed by atoms with Crippen molar-refractivity contribution < 1.29 is 4.74 Å². The first-order valence-corrected chi connectivity index (χ1v) is 6.71. The van der Waals surface area contributed by atoms with E-state index in [0.29, 0.717) is 12.6 Å². The fraction of sp³-hybridized carbons (Fsp3) is 0.571. The second-order valence-electron chi connectivity index (χ2n) is 4.79. The van der Waals surface area contributed by atoms with Gasteiger partial charge in [0.2, 0.25) is 0 Å². The zero-order chi connectivity index (χ0) is 12.1. The van der Waals surface area contributed by atoms with Crippen LogP contribution in [0.3, 0.4) is 0 Å². The second kappa shape index (κ2) is 6.27. The number of hydrogen-bond acceptors (Lipinski definition) is 2. The van der Waals surface area contributed by atoms with E-state index >= 15 is 0 Å². The molecular weight excluding hydrogens is 234 g/mol. The van der Waals surface area contributed by atoms with Gasteiger partial charge in [-0.25, -0.2) is 0 Å². The van der Waals surface area contributed by atoms with Crippen molar-refractivity contribution in [1.29, 1.82) is 0 Å². The summed E-state index contributed by atoms with van der Waals surface area (Å²) in [6.45, 7) is 0.716. The van der Waals surface area contributed by atoms with Gasteiger partial charge in [-0.2, -0.15) is 0 Å². The number of benzene rings is 1. The number of likely N-dealkylation sites (N-methyl/N-ethyl adjacent to an activating group) is 1. The highest BCUT2D eigenvalue weighted by Crippen LogP contribution is 2.30. The lowest BCUT2D eigenvalue weighted by Gasteiger charge is -2.29. The molecule has 1 atom stereocenters. The summed E-state index contributed by atoms with van der Waals surface area (Å²) in [4.78, 5) is 0. The predicted molar refractivity (Wildman–Crippen MR) is 71.8 cm³/mol. The molecule has 1 saturated carbocycles. The summed E-state index contributed by atoms with van der Waals surface area (Å²) in [6, 6.07) is 8.02. The molecule has 1 unspecified atom stereocenters. The third-order valence-electron chi connectivity index (χ3n) is 3.50. The van der Waals surface area contributed by atoms with Crippen LogP contribution in [0.15, 0.2) is 24.3 Å². The Morgan fingerprint density at radius 1 is 1.47 bits per heavy atom. The van der Waals surface area contributed by atoms with Gasteiger partial charge in [0.05, 0.1) is 0 Å². The monoisotopic (exact) mass is 253 g/mol. The molecule has 0 saturated heterocycles. The molecule has 3 heteroatoms. The molecule has 0 spiro atoms. The molecule has 1 aromatic carbocycles. The lowest BCUT2D eigenvalue weighted by atomic mass is 9.81. The van der Waals surface area contributed by atoms with Crippen LogP contribution in [-0.2, 0) is 0 Å². The minimum absolute atomic E-state index is 0.444. The Morgan fingerprint density at radius 2 is 2.29 bits per heavy atom. The van der Waals surface area contributed by atoms with E-state index in [9.17, 15) is 0 Å². The molecule has 0 radical (unpaired) electrons. The molecule has 2 rings (SSSR count). The second-order valence-corrected chi connectivity index (χ2v) is 5.22. The van der Waals surface area contributed by atoms with E-state index < -0.39 is 0 Å². The molecular formula is C14H20ClNO. The number of hydrogen-bond donors (Lipinski definition) is 1. The normalized spacial score (nSPS) is 17.5. The fourth-order valence-corrected chi connectivity index (χ4v) is 2.33. The highest BCUT2D eigenvalue weighted by molar-refractivity contribution is 6.30. The van der Waals surface area contributed by atoms with Crippen molar-refractivity contribution in [3.8, 4) is 5.75 Å². The molecule has 1 aromatic rings. The molecule has 0 aliphatic heterocycles. The summed E-state index contributed by atoms with van der Waals surface area (Å²) >= 11 is 5.91. The zero-order valence-corrected chi connectivity index (χ0v) is 11.0. The molecule has 1 N–H and O–H groups in total. The lowest BCUT2D eigenvalue weighted by Crippen LogP contribution is -2.35. The van der Waals surface area contributed by atoms with Crippen LogP contribution in [0.4, 0.5) is 0 Å². The lowest BCUT2D eigenvalue weighted by molar-refractivity contribution is 0.207. The van der Waals surface area contributed by atoms with E-state index in [1.54, 1.807) is 0 Å².